The number of halogens is 1. The number of fused-ring (bicyclic) bond motifs is 1. The van der Waals surface area contributed by atoms with Crippen LogP contribution in [0.5, 0.6) is 5.75 Å². The monoisotopic (exact) mass is 517 g/mol. The highest BCUT2D eigenvalue weighted by molar-refractivity contribution is 6.31. The van der Waals surface area contributed by atoms with E-state index in [1.54, 1.807) is 25.3 Å². The van der Waals surface area contributed by atoms with Gasteiger partial charge in [0.2, 0.25) is 5.91 Å². The van der Waals surface area contributed by atoms with E-state index in [-0.39, 0.29) is 17.9 Å². The predicted molar refractivity (Wildman–Crippen MR) is 146 cm³/mol. The molecule has 0 spiro atoms. The molecule has 5 rings (SSSR count). The van der Waals surface area contributed by atoms with Crippen LogP contribution in [0.3, 0.4) is 0 Å². The van der Waals surface area contributed by atoms with Gasteiger partial charge in [0, 0.05) is 35.9 Å². The van der Waals surface area contributed by atoms with Gasteiger partial charge in [0.1, 0.15) is 5.75 Å². The van der Waals surface area contributed by atoms with Gasteiger partial charge in [-0.15, -0.1) is 0 Å². The summed E-state index contributed by atoms with van der Waals surface area (Å²) in [6, 6.07) is 21.3. The molecule has 0 radical (unpaired) electrons. The van der Waals surface area contributed by atoms with Crippen molar-refractivity contribution in [2.75, 3.05) is 32.6 Å². The molecular weight excluding hydrogens is 486 g/mol. The molecule has 1 N–H and O–H groups in total. The van der Waals surface area contributed by atoms with Crippen LogP contribution in [0.4, 0.5) is 5.69 Å². The van der Waals surface area contributed by atoms with Gasteiger partial charge in [-0.25, -0.2) is 0 Å². The maximum absolute atomic E-state index is 13.4. The molecule has 2 aliphatic heterocycles. The highest BCUT2D eigenvalue weighted by atomic mass is 35.5. The number of carbonyl (C=O) groups excluding carboxylic acids is 2. The van der Waals surface area contributed by atoms with Gasteiger partial charge in [0.25, 0.3) is 5.91 Å². The SMILES string of the molecule is COc1cc(Cl)cc(C(=O)Nc2ccc(C3CCN(C(=O)C4Cc5ccccc5CN4C)CC3)cc2)c1. The van der Waals surface area contributed by atoms with Crippen molar-refractivity contribution in [1.82, 2.24) is 9.80 Å². The van der Waals surface area contributed by atoms with Crippen LogP contribution in [0.2, 0.25) is 5.02 Å². The Bertz CT molecular complexity index is 1290. The van der Waals surface area contributed by atoms with Crippen LogP contribution in [0.15, 0.2) is 66.7 Å². The number of hydrogen-bond acceptors (Lipinski definition) is 4. The van der Waals surface area contributed by atoms with Crippen LogP contribution in [-0.2, 0) is 17.8 Å². The summed E-state index contributed by atoms with van der Waals surface area (Å²) in [4.78, 5) is 30.3. The molecule has 0 bridgehead atoms. The summed E-state index contributed by atoms with van der Waals surface area (Å²) in [5.41, 5.74) is 5.01. The Kier molecular flexibility index (Phi) is 7.49. The Labute approximate surface area is 223 Å². The number of benzene rings is 3. The first-order valence-electron chi connectivity index (χ1n) is 12.7. The van der Waals surface area contributed by atoms with Crippen molar-refractivity contribution in [1.29, 1.82) is 0 Å². The van der Waals surface area contributed by atoms with Gasteiger partial charge in [-0.3, -0.25) is 14.5 Å². The molecule has 1 atom stereocenters. The van der Waals surface area contributed by atoms with Crippen LogP contribution in [0.1, 0.15) is 45.8 Å². The highest BCUT2D eigenvalue weighted by Gasteiger charge is 2.34. The zero-order valence-corrected chi connectivity index (χ0v) is 22.0. The molecule has 2 heterocycles. The van der Waals surface area contributed by atoms with E-state index in [1.165, 1.54) is 16.7 Å². The quantitative estimate of drug-likeness (QED) is 0.494. The summed E-state index contributed by atoms with van der Waals surface area (Å²) in [6.07, 6.45) is 2.65. The van der Waals surface area contributed by atoms with E-state index in [0.717, 1.165) is 44.6 Å². The van der Waals surface area contributed by atoms with Gasteiger partial charge in [0.15, 0.2) is 0 Å². The van der Waals surface area contributed by atoms with Crippen molar-refractivity contribution in [3.05, 3.63) is 94.0 Å². The summed E-state index contributed by atoms with van der Waals surface area (Å²) < 4.78 is 5.20. The van der Waals surface area contributed by atoms with Gasteiger partial charge in [-0.1, -0.05) is 48.0 Å². The number of nitrogens with one attached hydrogen (secondary N) is 1. The fourth-order valence-corrected chi connectivity index (χ4v) is 5.65. The molecule has 0 aromatic heterocycles. The Morgan fingerprint density at radius 1 is 0.973 bits per heavy atom. The second-order valence-electron chi connectivity index (χ2n) is 9.96. The number of nitrogens with zero attached hydrogens (tertiary/aromatic N) is 2. The lowest BCUT2D eigenvalue weighted by molar-refractivity contribution is -0.138. The van der Waals surface area contributed by atoms with Crippen molar-refractivity contribution in [2.24, 2.45) is 0 Å². The van der Waals surface area contributed by atoms with E-state index in [2.05, 4.69) is 53.7 Å². The van der Waals surface area contributed by atoms with Crippen molar-refractivity contribution >= 4 is 29.1 Å². The van der Waals surface area contributed by atoms with E-state index in [0.29, 0.717) is 22.3 Å². The van der Waals surface area contributed by atoms with Crippen LogP contribution < -0.4 is 10.1 Å². The van der Waals surface area contributed by atoms with Crippen LogP contribution in [0.25, 0.3) is 0 Å². The number of amides is 2. The van der Waals surface area contributed by atoms with Gasteiger partial charge in [-0.05, 0) is 79.3 Å². The summed E-state index contributed by atoms with van der Waals surface area (Å²) in [7, 11) is 3.59. The predicted octanol–water partition coefficient (Wildman–Crippen LogP) is 5.36. The molecule has 0 saturated carbocycles. The lowest BCUT2D eigenvalue weighted by Gasteiger charge is -2.39. The number of ether oxygens (including phenoxy) is 1. The normalized spacial score (nSPS) is 18.2. The number of likely N-dealkylation sites (tertiary alicyclic amines) is 1. The van der Waals surface area contributed by atoms with Crippen molar-refractivity contribution in [2.45, 2.75) is 37.8 Å². The third-order valence-electron chi connectivity index (χ3n) is 7.58. The van der Waals surface area contributed by atoms with Gasteiger partial charge >= 0.3 is 0 Å². The molecule has 3 aromatic carbocycles. The molecule has 2 aliphatic rings. The first-order chi connectivity index (χ1) is 17.9. The number of carbonyl (C=O) groups is 2. The van der Waals surface area contributed by atoms with E-state index in [9.17, 15) is 9.59 Å². The van der Waals surface area contributed by atoms with Crippen molar-refractivity contribution in [3.8, 4) is 5.75 Å². The van der Waals surface area contributed by atoms with Gasteiger partial charge in [-0.2, -0.15) is 0 Å². The third kappa shape index (κ3) is 5.65. The Morgan fingerprint density at radius 3 is 2.38 bits per heavy atom. The second-order valence-corrected chi connectivity index (χ2v) is 10.4. The number of likely N-dealkylation sites (N-methyl/N-ethyl adjacent to an activating group) is 1. The average molecular weight is 518 g/mol. The number of hydrogen-bond donors (Lipinski definition) is 1. The van der Waals surface area contributed by atoms with Gasteiger partial charge < -0.3 is 15.0 Å². The van der Waals surface area contributed by atoms with E-state index in [1.807, 2.05) is 17.0 Å². The topological polar surface area (TPSA) is 61.9 Å². The minimum Gasteiger partial charge on any atom is -0.497 e. The number of methoxy groups -OCH3 is 1. The molecular formula is C30H32ClN3O3. The first-order valence-corrected chi connectivity index (χ1v) is 13.1. The van der Waals surface area contributed by atoms with E-state index >= 15 is 0 Å². The fraction of sp³-hybridized carbons (Fsp3) is 0.333. The molecule has 3 aromatic rings. The first kappa shape index (κ1) is 25.3. The minimum atomic E-state index is -0.240. The second kappa shape index (κ2) is 11.0. The molecule has 192 valence electrons. The number of piperidine rings is 1. The van der Waals surface area contributed by atoms with E-state index < -0.39 is 0 Å². The standard InChI is InChI=1S/C30H32ClN3O3/c1-33-19-23-6-4-3-5-22(23)17-28(33)30(36)34-13-11-21(12-14-34)20-7-9-26(10-8-20)32-29(35)24-15-25(31)18-27(16-24)37-2/h3-10,15-16,18,21,28H,11-14,17,19H2,1-2H3,(H,32,35). The van der Waals surface area contributed by atoms with Crippen LogP contribution in [-0.4, -0.2) is 54.9 Å². The Hall–Kier alpha value is -3.35. The number of anilines is 1. The lowest BCUT2D eigenvalue weighted by atomic mass is 9.88. The molecule has 1 unspecified atom stereocenters. The molecule has 6 nitrogen and oxygen atoms in total. The molecule has 7 heteroatoms. The van der Waals surface area contributed by atoms with Crippen molar-refractivity contribution in [3.63, 3.8) is 0 Å². The van der Waals surface area contributed by atoms with Crippen LogP contribution >= 0.6 is 11.6 Å². The molecule has 1 fully saturated rings. The molecule has 2 amide bonds. The Balaban J connectivity index is 1.16. The maximum atomic E-state index is 13.4. The van der Waals surface area contributed by atoms with Crippen LogP contribution in [0, 0.1) is 0 Å². The fourth-order valence-electron chi connectivity index (χ4n) is 5.43. The lowest BCUT2D eigenvalue weighted by Crippen LogP contribution is -2.51. The Morgan fingerprint density at radius 2 is 1.68 bits per heavy atom. The number of rotatable bonds is 5. The van der Waals surface area contributed by atoms with Crippen molar-refractivity contribution < 1.29 is 14.3 Å². The summed E-state index contributed by atoms with van der Waals surface area (Å²) in [5.74, 6) is 0.940. The molecule has 1 saturated heterocycles. The van der Waals surface area contributed by atoms with Gasteiger partial charge in [0.05, 0.1) is 13.2 Å². The zero-order valence-electron chi connectivity index (χ0n) is 21.2. The summed E-state index contributed by atoms with van der Waals surface area (Å²) >= 11 is 6.10. The zero-order chi connectivity index (χ0) is 25.9. The minimum absolute atomic E-state index is 0.0891. The molecule has 0 aliphatic carbocycles. The largest absolute Gasteiger partial charge is 0.497 e. The van der Waals surface area contributed by atoms with E-state index in [4.69, 9.17) is 16.3 Å². The summed E-state index contributed by atoms with van der Waals surface area (Å²) in [6.45, 7) is 2.35. The maximum Gasteiger partial charge on any atom is 0.255 e. The average Bonchev–Trinajstić information content (AvgIpc) is 2.92. The summed E-state index contributed by atoms with van der Waals surface area (Å²) in [5, 5.41) is 3.37. The highest BCUT2D eigenvalue weighted by Crippen LogP contribution is 2.31. The molecule has 37 heavy (non-hydrogen) atoms. The smallest absolute Gasteiger partial charge is 0.255 e. The third-order valence-corrected chi connectivity index (χ3v) is 7.80.